The Balaban J connectivity index is 1.62. The van der Waals surface area contributed by atoms with Gasteiger partial charge in [0, 0.05) is 12.5 Å². The summed E-state index contributed by atoms with van der Waals surface area (Å²) >= 11 is 0. The molecule has 39 heavy (non-hydrogen) atoms. The summed E-state index contributed by atoms with van der Waals surface area (Å²) in [6.45, 7) is 17.2. The molecule has 1 N–H and O–H groups in total. The average molecular weight is 538 g/mol. The van der Waals surface area contributed by atoms with Crippen molar-refractivity contribution in [3.63, 3.8) is 0 Å². The van der Waals surface area contributed by atoms with Gasteiger partial charge in [-0.3, -0.25) is 9.69 Å². The molecule has 0 spiro atoms. The molecule has 0 bridgehead atoms. The summed E-state index contributed by atoms with van der Waals surface area (Å²) in [5.41, 5.74) is 4.98. The van der Waals surface area contributed by atoms with Gasteiger partial charge in [-0.15, -0.1) is 0 Å². The van der Waals surface area contributed by atoms with Crippen LogP contribution in [0.1, 0.15) is 115 Å². The predicted octanol–water partition coefficient (Wildman–Crippen LogP) is 8.00. The maximum atomic E-state index is 13.9. The van der Waals surface area contributed by atoms with Crippen LogP contribution in [-0.4, -0.2) is 41.2 Å². The monoisotopic (exact) mass is 537 g/mol. The molecule has 214 valence electrons. The lowest BCUT2D eigenvalue weighted by Gasteiger charge is -2.37. The van der Waals surface area contributed by atoms with Gasteiger partial charge in [0.1, 0.15) is 11.9 Å². The van der Waals surface area contributed by atoms with Crippen LogP contribution < -0.4 is 0 Å². The molecule has 1 aliphatic carbocycles. The molecule has 0 amide bonds. The molecular weight excluding hydrogens is 489 g/mol. The van der Waals surface area contributed by atoms with Gasteiger partial charge in [-0.05, 0) is 90.3 Å². The first-order chi connectivity index (χ1) is 18.3. The van der Waals surface area contributed by atoms with E-state index in [4.69, 9.17) is 4.74 Å². The Morgan fingerprint density at radius 3 is 2.31 bits per heavy atom. The Kier molecular flexibility index (Phi) is 8.92. The van der Waals surface area contributed by atoms with Crippen molar-refractivity contribution in [2.24, 2.45) is 5.92 Å². The number of carboxylic acid groups (broad SMARTS) is 1. The first kappa shape index (κ1) is 29.7. The van der Waals surface area contributed by atoms with Crippen LogP contribution in [0.15, 0.2) is 42.5 Å². The van der Waals surface area contributed by atoms with E-state index in [2.05, 4.69) is 71.6 Å². The van der Waals surface area contributed by atoms with Gasteiger partial charge in [-0.1, -0.05) is 78.3 Å². The van der Waals surface area contributed by atoms with Gasteiger partial charge in [-0.2, -0.15) is 0 Å². The summed E-state index contributed by atoms with van der Waals surface area (Å²) in [6, 6.07) is 13.3. The Morgan fingerprint density at radius 1 is 1.00 bits per heavy atom. The van der Waals surface area contributed by atoms with Gasteiger partial charge < -0.3 is 9.84 Å². The first-order valence-corrected chi connectivity index (χ1v) is 14.8. The lowest BCUT2D eigenvalue weighted by molar-refractivity contribution is -0.144. The van der Waals surface area contributed by atoms with E-state index < -0.39 is 12.0 Å². The molecule has 5 heteroatoms. The minimum atomic E-state index is -0.721. The van der Waals surface area contributed by atoms with Crippen molar-refractivity contribution in [1.29, 1.82) is 0 Å². The minimum absolute atomic E-state index is 0.0151. The van der Waals surface area contributed by atoms with E-state index in [1.807, 2.05) is 12.1 Å². The number of nitrogens with zero attached hydrogens (tertiary/aromatic N) is 1. The number of rotatable bonds is 7. The molecule has 1 saturated heterocycles. The van der Waals surface area contributed by atoms with Crippen molar-refractivity contribution in [3.8, 4) is 0 Å². The van der Waals surface area contributed by atoms with E-state index in [0.717, 1.165) is 44.3 Å². The van der Waals surface area contributed by atoms with Crippen molar-refractivity contribution in [3.05, 3.63) is 70.5 Å². The molecule has 5 unspecified atom stereocenters. The van der Waals surface area contributed by atoms with E-state index in [1.54, 1.807) is 0 Å². The number of halogens is 1. The molecule has 0 aromatic heterocycles. The summed E-state index contributed by atoms with van der Waals surface area (Å²) in [5, 5.41) is 9.85. The highest BCUT2D eigenvalue weighted by molar-refractivity contribution is 5.73. The average Bonchev–Trinajstić information content (AvgIpc) is 3.25. The fraction of sp³-hybridized carbons (Fsp3) is 0.618. The van der Waals surface area contributed by atoms with Crippen molar-refractivity contribution in [2.75, 3.05) is 13.1 Å². The molecule has 4 rings (SSSR count). The Hall–Kier alpha value is -2.24. The van der Waals surface area contributed by atoms with E-state index in [9.17, 15) is 14.3 Å². The second-order valence-corrected chi connectivity index (χ2v) is 13.9. The molecule has 2 aromatic carbocycles. The molecule has 2 fully saturated rings. The van der Waals surface area contributed by atoms with Crippen LogP contribution in [0.4, 0.5) is 4.39 Å². The van der Waals surface area contributed by atoms with Crippen molar-refractivity contribution >= 4 is 5.97 Å². The quantitative estimate of drug-likeness (QED) is 0.389. The van der Waals surface area contributed by atoms with Gasteiger partial charge in [0.05, 0.1) is 12.2 Å². The van der Waals surface area contributed by atoms with Crippen LogP contribution in [-0.2, 0) is 20.4 Å². The zero-order valence-electron chi connectivity index (χ0n) is 25.0. The summed E-state index contributed by atoms with van der Waals surface area (Å²) < 4.78 is 20.8. The topological polar surface area (TPSA) is 49.8 Å². The number of carboxylic acids is 1. The molecule has 4 nitrogen and oxygen atoms in total. The van der Waals surface area contributed by atoms with Crippen molar-refractivity contribution in [2.45, 2.75) is 116 Å². The van der Waals surface area contributed by atoms with Crippen LogP contribution in [0.5, 0.6) is 0 Å². The number of hydrogen-bond acceptors (Lipinski definition) is 3. The molecular formula is C34H48FNO3. The van der Waals surface area contributed by atoms with Gasteiger partial charge >= 0.3 is 5.97 Å². The maximum absolute atomic E-state index is 13.9. The van der Waals surface area contributed by atoms with E-state index in [0.29, 0.717) is 6.42 Å². The fourth-order valence-corrected chi connectivity index (χ4v) is 6.72. The van der Waals surface area contributed by atoms with Gasteiger partial charge in [0.15, 0.2) is 0 Å². The largest absolute Gasteiger partial charge is 0.480 e. The van der Waals surface area contributed by atoms with Gasteiger partial charge in [0.2, 0.25) is 0 Å². The number of piperidine rings is 1. The standard InChI is InChI=1S/C34H48FNO3/c1-22(27-17-14-25(33(2,3)4)20-28(27)34(5,6)7)39-30-18-13-24(31(30)23-11-15-26(35)16-12-23)21-36-19-9-8-10-29(36)32(37)38/h11-12,14-17,20,22,24,29-31H,8-10,13,18-19,21H2,1-7H3,(H,37,38). The van der Waals surface area contributed by atoms with Crippen LogP contribution in [0.3, 0.4) is 0 Å². The molecule has 1 heterocycles. The Labute approximate surface area is 235 Å². The van der Waals surface area contributed by atoms with Crippen molar-refractivity contribution < 1.29 is 19.0 Å². The molecule has 1 aliphatic heterocycles. The summed E-state index contributed by atoms with van der Waals surface area (Å²) in [5.74, 6) is -0.606. The summed E-state index contributed by atoms with van der Waals surface area (Å²) in [6.07, 6.45) is 4.48. The third-order valence-electron chi connectivity index (χ3n) is 8.90. The number of hydrogen-bond donors (Lipinski definition) is 1. The lowest BCUT2D eigenvalue weighted by Crippen LogP contribution is -2.47. The van der Waals surface area contributed by atoms with Crippen LogP contribution in [0.2, 0.25) is 0 Å². The molecule has 2 aromatic rings. The highest BCUT2D eigenvalue weighted by Gasteiger charge is 2.42. The molecule has 0 radical (unpaired) electrons. The zero-order chi connectivity index (χ0) is 28.5. The second kappa shape index (κ2) is 11.7. The molecule has 2 aliphatic rings. The van der Waals surface area contributed by atoms with Crippen molar-refractivity contribution in [1.82, 2.24) is 4.90 Å². The molecule has 1 saturated carbocycles. The van der Waals surface area contributed by atoms with E-state index in [1.165, 1.54) is 28.8 Å². The van der Waals surface area contributed by atoms with E-state index in [-0.39, 0.29) is 40.7 Å². The second-order valence-electron chi connectivity index (χ2n) is 13.9. The van der Waals surface area contributed by atoms with Gasteiger partial charge in [-0.25, -0.2) is 4.39 Å². The zero-order valence-corrected chi connectivity index (χ0v) is 25.0. The highest BCUT2D eigenvalue weighted by atomic mass is 19.1. The number of ether oxygens (including phenoxy) is 1. The number of benzene rings is 2. The third kappa shape index (κ3) is 6.92. The van der Waals surface area contributed by atoms with Crippen LogP contribution >= 0.6 is 0 Å². The molecule has 5 atom stereocenters. The van der Waals surface area contributed by atoms with E-state index >= 15 is 0 Å². The minimum Gasteiger partial charge on any atom is -0.480 e. The smallest absolute Gasteiger partial charge is 0.320 e. The van der Waals surface area contributed by atoms with Gasteiger partial charge in [0.25, 0.3) is 0 Å². The predicted molar refractivity (Wildman–Crippen MR) is 156 cm³/mol. The third-order valence-corrected chi connectivity index (χ3v) is 8.90. The fourth-order valence-electron chi connectivity index (χ4n) is 6.72. The number of aliphatic carboxylic acids is 1. The maximum Gasteiger partial charge on any atom is 0.320 e. The summed E-state index contributed by atoms with van der Waals surface area (Å²) in [4.78, 5) is 14.2. The number of carbonyl (C=O) groups is 1. The number of likely N-dealkylation sites (tertiary alicyclic amines) is 1. The van der Waals surface area contributed by atoms with Crippen LogP contribution in [0.25, 0.3) is 0 Å². The SMILES string of the molecule is CC(OC1CCC(CN2CCCCC2C(=O)O)C1c1ccc(F)cc1)c1ccc(C(C)(C)C)cc1C(C)(C)C. The normalized spacial score (nSPS) is 25.5. The summed E-state index contributed by atoms with van der Waals surface area (Å²) in [7, 11) is 0. The Morgan fingerprint density at radius 2 is 1.69 bits per heavy atom. The first-order valence-electron chi connectivity index (χ1n) is 14.8. The van der Waals surface area contributed by atoms with Crippen LogP contribution in [0, 0.1) is 11.7 Å². The highest BCUT2D eigenvalue weighted by Crippen LogP contribution is 2.45. The Bertz CT molecular complexity index is 1130. The lowest BCUT2D eigenvalue weighted by atomic mass is 9.77.